The lowest BCUT2D eigenvalue weighted by atomic mass is 10.0. The van der Waals surface area contributed by atoms with Gasteiger partial charge in [-0.25, -0.2) is 4.39 Å². The summed E-state index contributed by atoms with van der Waals surface area (Å²) in [6.45, 7) is 2.92. The molecule has 144 valence electrons. The summed E-state index contributed by atoms with van der Waals surface area (Å²) < 4.78 is 13.0. The largest absolute Gasteiger partial charge is 0.378 e. The molecule has 0 bridgehead atoms. The lowest BCUT2D eigenvalue weighted by Crippen LogP contribution is -3.11. The van der Waals surface area contributed by atoms with Crippen molar-refractivity contribution in [3.8, 4) is 0 Å². The van der Waals surface area contributed by atoms with Gasteiger partial charge in [0.05, 0.1) is 26.1 Å². The van der Waals surface area contributed by atoms with Gasteiger partial charge in [-0.05, 0) is 29.8 Å². The van der Waals surface area contributed by atoms with E-state index in [1.807, 2.05) is 14.1 Å². The summed E-state index contributed by atoms with van der Waals surface area (Å²) in [7, 11) is 4.07. The quantitative estimate of drug-likeness (QED) is 0.782. The van der Waals surface area contributed by atoms with Crippen molar-refractivity contribution in [2.24, 2.45) is 0 Å². The van der Waals surface area contributed by atoms with Gasteiger partial charge in [-0.15, -0.1) is 0 Å². The molecule has 0 unspecified atom stereocenters. The van der Waals surface area contributed by atoms with Crippen molar-refractivity contribution in [2.45, 2.75) is 25.3 Å². The molecule has 1 heterocycles. The fraction of sp³-hybridized carbons (Fsp3) is 0.409. The molecule has 27 heavy (non-hydrogen) atoms. The van der Waals surface area contributed by atoms with E-state index in [9.17, 15) is 9.18 Å². The van der Waals surface area contributed by atoms with Gasteiger partial charge in [-0.3, -0.25) is 4.79 Å². The molecule has 2 aromatic rings. The molecule has 1 aliphatic heterocycles. The summed E-state index contributed by atoms with van der Waals surface area (Å²) in [6.07, 6.45) is 2.76. The second-order valence-electron chi connectivity index (χ2n) is 7.51. The first-order valence-electron chi connectivity index (χ1n) is 9.66. The molecule has 3 rings (SSSR count). The minimum Gasteiger partial charge on any atom is -0.378 e. The van der Waals surface area contributed by atoms with Crippen molar-refractivity contribution in [1.82, 2.24) is 5.32 Å². The maximum atomic E-state index is 13.0. The molecule has 1 atom stereocenters. The smallest absolute Gasteiger partial charge is 0.224 e. The van der Waals surface area contributed by atoms with Crippen LogP contribution >= 0.6 is 0 Å². The first kappa shape index (κ1) is 19.4. The summed E-state index contributed by atoms with van der Waals surface area (Å²) >= 11 is 0. The van der Waals surface area contributed by atoms with Crippen molar-refractivity contribution >= 4 is 11.6 Å². The molecule has 4 nitrogen and oxygen atoms in total. The van der Waals surface area contributed by atoms with Gasteiger partial charge in [0.2, 0.25) is 5.91 Å². The number of quaternary nitrogens is 1. The van der Waals surface area contributed by atoms with Crippen LogP contribution in [0, 0.1) is 5.82 Å². The first-order valence-corrected chi connectivity index (χ1v) is 9.66. The Bertz CT molecular complexity index is 737. The van der Waals surface area contributed by atoms with Crippen LogP contribution in [-0.4, -0.2) is 39.6 Å². The monoisotopic (exact) mass is 370 g/mol. The van der Waals surface area contributed by atoms with E-state index in [1.54, 1.807) is 12.1 Å². The molecule has 0 saturated carbocycles. The topological polar surface area (TPSA) is 36.8 Å². The van der Waals surface area contributed by atoms with Crippen LogP contribution in [0.1, 0.15) is 30.0 Å². The number of carbonyl (C=O) groups excluding carboxylic acids is 1. The van der Waals surface area contributed by atoms with E-state index in [2.05, 4.69) is 34.5 Å². The highest BCUT2D eigenvalue weighted by Crippen LogP contribution is 2.17. The number of likely N-dealkylation sites (tertiary alicyclic amines) is 1. The Labute approximate surface area is 161 Å². The van der Waals surface area contributed by atoms with Crippen LogP contribution in [-0.2, 0) is 11.2 Å². The minimum absolute atomic E-state index is 0.0184. The number of carbonyl (C=O) groups is 1. The third-order valence-electron chi connectivity index (χ3n) is 5.33. The molecule has 0 aromatic heterocycles. The van der Waals surface area contributed by atoms with E-state index < -0.39 is 0 Å². The van der Waals surface area contributed by atoms with Crippen molar-refractivity contribution in [2.75, 3.05) is 38.6 Å². The SMILES string of the molecule is CN(C)c1ccc([C@@H](CNC(=O)Cc2ccc(F)cc2)[NH+]2CCCC2)cc1. The zero-order chi connectivity index (χ0) is 19.2. The molecule has 2 aromatic carbocycles. The van der Waals surface area contributed by atoms with Gasteiger partial charge in [0, 0.05) is 38.2 Å². The van der Waals surface area contributed by atoms with Crippen LogP contribution in [0.4, 0.5) is 10.1 Å². The van der Waals surface area contributed by atoms with Crippen molar-refractivity contribution in [3.63, 3.8) is 0 Å². The van der Waals surface area contributed by atoms with Crippen LogP contribution < -0.4 is 15.1 Å². The van der Waals surface area contributed by atoms with Crippen molar-refractivity contribution in [3.05, 3.63) is 65.5 Å². The molecule has 1 amide bonds. The highest BCUT2D eigenvalue weighted by Gasteiger charge is 2.27. The maximum absolute atomic E-state index is 13.0. The molecule has 1 saturated heterocycles. The number of benzene rings is 2. The number of nitrogens with one attached hydrogen (secondary N) is 2. The van der Waals surface area contributed by atoms with Gasteiger partial charge in [-0.2, -0.15) is 0 Å². The maximum Gasteiger partial charge on any atom is 0.224 e. The van der Waals surface area contributed by atoms with Crippen LogP contribution in [0.5, 0.6) is 0 Å². The standard InChI is InChI=1S/C22H28FN3O/c1-25(2)20-11-7-18(8-12-20)21(26-13-3-4-14-26)16-24-22(27)15-17-5-9-19(23)10-6-17/h5-12,21H,3-4,13-16H2,1-2H3,(H,24,27)/p+1/t21-/m1/s1. The Kier molecular flexibility index (Phi) is 6.45. The number of amides is 1. The van der Waals surface area contributed by atoms with E-state index in [4.69, 9.17) is 0 Å². The Hall–Kier alpha value is -2.40. The Morgan fingerprint density at radius 3 is 2.30 bits per heavy atom. The molecular formula is C22H29FN3O+. The highest BCUT2D eigenvalue weighted by molar-refractivity contribution is 5.78. The van der Waals surface area contributed by atoms with Crippen LogP contribution in [0.15, 0.2) is 48.5 Å². The summed E-state index contributed by atoms with van der Waals surface area (Å²) in [6, 6.07) is 15.0. The Balaban J connectivity index is 1.64. The fourth-order valence-corrected chi connectivity index (χ4v) is 3.75. The third kappa shape index (κ3) is 5.30. The van der Waals surface area contributed by atoms with E-state index in [-0.39, 0.29) is 24.2 Å². The van der Waals surface area contributed by atoms with E-state index in [1.165, 1.54) is 41.1 Å². The number of halogens is 1. The zero-order valence-corrected chi connectivity index (χ0v) is 16.2. The summed E-state index contributed by atoms with van der Waals surface area (Å²) in [4.78, 5) is 16.0. The molecule has 1 fully saturated rings. The number of rotatable bonds is 7. The van der Waals surface area contributed by atoms with E-state index in [0.29, 0.717) is 6.54 Å². The Morgan fingerprint density at radius 2 is 1.70 bits per heavy atom. The minimum atomic E-state index is -0.280. The van der Waals surface area contributed by atoms with Crippen molar-refractivity contribution in [1.29, 1.82) is 0 Å². The highest BCUT2D eigenvalue weighted by atomic mass is 19.1. The number of nitrogens with zero attached hydrogens (tertiary/aromatic N) is 1. The fourth-order valence-electron chi connectivity index (χ4n) is 3.75. The second kappa shape index (κ2) is 9.00. The van der Waals surface area contributed by atoms with E-state index >= 15 is 0 Å². The molecule has 5 heteroatoms. The number of hydrogen-bond acceptors (Lipinski definition) is 2. The predicted molar refractivity (Wildman–Crippen MR) is 107 cm³/mol. The normalized spacial score (nSPS) is 15.5. The van der Waals surface area contributed by atoms with E-state index in [0.717, 1.165) is 18.7 Å². The third-order valence-corrected chi connectivity index (χ3v) is 5.33. The molecule has 0 aliphatic carbocycles. The van der Waals surface area contributed by atoms with Gasteiger partial charge >= 0.3 is 0 Å². The summed E-state index contributed by atoms with van der Waals surface area (Å²) in [5.41, 5.74) is 3.27. The molecule has 1 aliphatic rings. The molecule has 0 radical (unpaired) electrons. The van der Waals surface area contributed by atoms with Crippen molar-refractivity contribution < 1.29 is 14.1 Å². The van der Waals surface area contributed by atoms with Crippen LogP contribution in [0.3, 0.4) is 0 Å². The zero-order valence-electron chi connectivity index (χ0n) is 16.2. The summed E-state index contributed by atoms with van der Waals surface area (Å²) in [5.74, 6) is -0.298. The lowest BCUT2D eigenvalue weighted by Gasteiger charge is -2.26. The summed E-state index contributed by atoms with van der Waals surface area (Å²) in [5, 5.41) is 3.09. The average Bonchev–Trinajstić information content (AvgIpc) is 3.19. The number of anilines is 1. The lowest BCUT2D eigenvalue weighted by molar-refractivity contribution is -0.918. The van der Waals surface area contributed by atoms with Gasteiger partial charge in [0.25, 0.3) is 0 Å². The first-order chi connectivity index (χ1) is 13.0. The van der Waals surface area contributed by atoms with Gasteiger partial charge in [-0.1, -0.05) is 24.3 Å². The predicted octanol–water partition coefficient (Wildman–Crippen LogP) is 1.97. The Morgan fingerprint density at radius 1 is 1.07 bits per heavy atom. The molecule has 2 N–H and O–H groups in total. The molecular weight excluding hydrogens is 341 g/mol. The van der Waals surface area contributed by atoms with Crippen LogP contribution in [0.2, 0.25) is 0 Å². The molecule has 0 spiro atoms. The average molecular weight is 370 g/mol. The van der Waals surface area contributed by atoms with Gasteiger partial charge < -0.3 is 15.1 Å². The van der Waals surface area contributed by atoms with Crippen LogP contribution in [0.25, 0.3) is 0 Å². The second-order valence-corrected chi connectivity index (χ2v) is 7.51. The van der Waals surface area contributed by atoms with Gasteiger partial charge in [0.1, 0.15) is 11.9 Å². The van der Waals surface area contributed by atoms with Gasteiger partial charge in [0.15, 0.2) is 0 Å². The number of hydrogen-bond donors (Lipinski definition) is 2.